The summed E-state index contributed by atoms with van der Waals surface area (Å²) in [4.78, 5) is 47.3. The molecular formula is C15H17FN2O4. The van der Waals surface area contributed by atoms with Crippen LogP contribution >= 0.6 is 0 Å². The van der Waals surface area contributed by atoms with Gasteiger partial charge in [0.2, 0.25) is 18.2 Å². The first-order valence-corrected chi connectivity index (χ1v) is 6.62. The Kier molecular flexibility index (Phi) is 5.91. The number of nitrogens with one attached hydrogen (secondary N) is 1. The summed E-state index contributed by atoms with van der Waals surface area (Å²) in [5.41, 5.74) is 0.356. The number of nitrogens with zero attached hydrogens (tertiary/aromatic N) is 1. The summed E-state index contributed by atoms with van der Waals surface area (Å²) >= 11 is 0. The second-order valence-corrected chi connectivity index (χ2v) is 4.76. The lowest BCUT2D eigenvalue weighted by Gasteiger charge is -2.29. The minimum absolute atomic E-state index is 0.0370. The van der Waals surface area contributed by atoms with Crippen molar-refractivity contribution in [1.82, 2.24) is 10.2 Å². The number of amides is 4. The number of piperidine rings is 1. The molecule has 22 heavy (non-hydrogen) atoms. The van der Waals surface area contributed by atoms with Gasteiger partial charge >= 0.3 is 0 Å². The molecule has 1 rings (SSSR count). The van der Waals surface area contributed by atoms with Crippen LogP contribution in [0.1, 0.15) is 26.7 Å². The van der Waals surface area contributed by atoms with Gasteiger partial charge in [0.1, 0.15) is 11.9 Å². The summed E-state index contributed by atoms with van der Waals surface area (Å²) < 4.78 is 12.9. The van der Waals surface area contributed by atoms with Crippen molar-refractivity contribution in [2.24, 2.45) is 0 Å². The van der Waals surface area contributed by atoms with E-state index < -0.39 is 29.6 Å². The highest BCUT2D eigenvalue weighted by Gasteiger charge is 2.35. The molecule has 1 N–H and O–H groups in total. The smallest absolute Gasteiger partial charge is 0.260 e. The Morgan fingerprint density at radius 3 is 2.55 bits per heavy atom. The van der Waals surface area contributed by atoms with Crippen LogP contribution in [0.5, 0.6) is 0 Å². The molecule has 1 fully saturated rings. The van der Waals surface area contributed by atoms with Crippen LogP contribution in [-0.4, -0.2) is 35.1 Å². The van der Waals surface area contributed by atoms with Gasteiger partial charge in [-0.05, 0) is 31.9 Å². The molecule has 1 heterocycles. The van der Waals surface area contributed by atoms with Crippen molar-refractivity contribution in [2.75, 3.05) is 0 Å². The summed E-state index contributed by atoms with van der Waals surface area (Å²) in [6, 6.07) is -1.06. The molecule has 0 radical (unpaired) electrons. The van der Waals surface area contributed by atoms with Crippen molar-refractivity contribution in [1.29, 1.82) is 0 Å². The maximum Gasteiger partial charge on any atom is 0.260 e. The quantitative estimate of drug-likeness (QED) is 0.357. The molecule has 4 amide bonds. The van der Waals surface area contributed by atoms with Crippen LogP contribution in [0.4, 0.5) is 4.39 Å². The summed E-state index contributed by atoms with van der Waals surface area (Å²) in [5.74, 6) is -2.62. The van der Waals surface area contributed by atoms with Gasteiger partial charge < -0.3 is 0 Å². The van der Waals surface area contributed by atoms with Gasteiger partial charge in [0.15, 0.2) is 0 Å². The molecule has 7 heteroatoms. The number of carbonyl (C=O) groups excluding carboxylic acids is 4. The van der Waals surface area contributed by atoms with E-state index in [2.05, 4.69) is 11.9 Å². The Bertz CT molecular complexity index is 592. The third kappa shape index (κ3) is 3.97. The van der Waals surface area contributed by atoms with Crippen molar-refractivity contribution < 1.29 is 23.6 Å². The predicted molar refractivity (Wildman–Crippen MR) is 76.8 cm³/mol. The maximum absolute atomic E-state index is 12.9. The monoisotopic (exact) mass is 308 g/mol. The first kappa shape index (κ1) is 17.5. The molecule has 0 aromatic rings. The zero-order valence-electron chi connectivity index (χ0n) is 12.4. The van der Waals surface area contributed by atoms with Gasteiger partial charge in [0.05, 0.1) is 0 Å². The minimum Gasteiger partial charge on any atom is -0.295 e. The molecule has 0 saturated carbocycles. The Hall–Kier alpha value is -2.57. The molecule has 1 unspecified atom stereocenters. The van der Waals surface area contributed by atoms with Crippen molar-refractivity contribution in [3.8, 4) is 0 Å². The van der Waals surface area contributed by atoms with Crippen LogP contribution in [0.25, 0.3) is 0 Å². The third-order valence-corrected chi connectivity index (χ3v) is 3.21. The van der Waals surface area contributed by atoms with Crippen molar-refractivity contribution in [3.05, 3.63) is 35.7 Å². The first-order valence-electron chi connectivity index (χ1n) is 6.62. The first-order chi connectivity index (χ1) is 10.3. The molecule has 0 aromatic heterocycles. The lowest BCUT2D eigenvalue weighted by atomic mass is 10.0. The molecule has 118 valence electrons. The Labute approximate surface area is 127 Å². The summed E-state index contributed by atoms with van der Waals surface area (Å²) in [5, 5.41) is 2.08. The van der Waals surface area contributed by atoms with E-state index in [0.29, 0.717) is 0 Å². The molecule has 1 atom stereocenters. The number of imide groups is 2. The molecule has 1 aliphatic heterocycles. The lowest BCUT2D eigenvalue weighted by molar-refractivity contribution is -0.148. The summed E-state index contributed by atoms with van der Waals surface area (Å²) in [7, 11) is 0. The van der Waals surface area contributed by atoms with Gasteiger partial charge in [0.25, 0.3) is 5.91 Å². The van der Waals surface area contributed by atoms with Gasteiger partial charge in [-0.3, -0.25) is 29.4 Å². The fourth-order valence-corrected chi connectivity index (χ4v) is 2.18. The zero-order valence-corrected chi connectivity index (χ0v) is 12.4. The fourth-order valence-electron chi connectivity index (χ4n) is 2.18. The van der Waals surface area contributed by atoms with Crippen LogP contribution in [0.3, 0.4) is 0 Å². The number of hydrogen-bond donors (Lipinski definition) is 1. The van der Waals surface area contributed by atoms with E-state index >= 15 is 0 Å². The molecule has 1 saturated heterocycles. The molecule has 1 aliphatic rings. The average molecular weight is 308 g/mol. The van der Waals surface area contributed by atoms with Crippen LogP contribution in [0, 0.1) is 0 Å². The minimum atomic E-state index is -1.06. The number of hydrogen-bond acceptors (Lipinski definition) is 4. The van der Waals surface area contributed by atoms with Gasteiger partial charge in [-0.2, -0.15) is 0 Å². The molecule has 0 aromatic carbocycles. The SMILES string of the molecule is C=C(F)/C=C(C)\C(=C/C)C(=O)N(C=O)C1CCC(=O)NC1=O. The van der Waals surface area contributed by atoms with E-state index in [1.54, 1.807) is 6.92 Å². The van der Waals surface area contributed by atoms with E-state index in [0.717, 1.165) is 11.0 Å². The lowest BCUT2D eigenvalue weighted by Crippen LogP contribution is -2.54. The maximum atomic E-state index is 12.9. The number of allylic oxidation sites excluding steroid dienone is 3. The second kappa shape index (κ2) is 7.44. The van der Waals surface area contributed by atoms with E-state index in [-0.39, 0.29) is 30.4 Å². The highest BCUT2D eigenvalue weighted by atomic mass is 19.1. The predicted octanol–water partition coefficient (Wildman–Crippen LogP) is 1.15. The van der Waals surface area contributed by atoms with Crippen LogP contribution in [0.15, 0.2) is 35.7 Å². The topological polar surface area (TPSA) is 83.6 Å². The Morgan fingerprint density at radius 1 is 1.45 bits per heavy atom. The van der Waals surface area contributed by atoms with Crippen molar-refractivity contribution in [3.63, 3.8) is 0 Å². The van der Waals surface area contributed by atoms with Crippen LogP contribution < -0.4 is 5.32 Å². The number of rotatable bonds is 5. The van der Waals surface area contributed by atoms with E-state index in [1.165, 1.54) is 13.0 Å². The Balaban J connectivity index is 3.06. The highest BCUT2D eigenvalue weighted by Crippen LogP contribution is 2.19. The summed E-state index contributed by atoms with van der Waals surface area (Å²) in [6.45, 7) is 6.13. The van der Waals surface area contributed by atoms with E-state index in [1.807, 2.05) is 0 Å². The standard InChI is InChI=1S/C15H17FN2O4/c1-4-11(9(2)7-10(3)16)15(22)18(8-19)12-5-6-13(20)17-14(12)21/h4,7-8,12H,3,5-6H2,1-2H3,(H,17,20,21)/b9-7-,11-4+. The van der Waals surface area contributed by atoms with Crippen LogP contribution in [-0.2, 0) is 19.2 Å². The normalized spacial score (nSPS) is 19.5. The second-order valence-electron chi connectivity index (χ2n) is 4.76. The molecule has 0 aliphatic carbocycles. The molecule has 0 spiro atoms. The van der Waals surface area contributed by atoms with Gasteiger partial charge in [0, 0.05) is 12.0 Å². The van der Waals surface area contributed by atoms with Gasteiger partial charge in [-0.25, -0.2) is 4.39 Å². The Morgan fingerprint density at radius 2 is 2.09 bits per heavy atom. The summed E-state index contributed by atoms with van der Waals surface area (Å²) in [6.07, 6.45) is 2.81. The fraction of sp³-hybridized carbons (Fsp3) is 0.333. The van der Waals surface area contributed by atoms with E-state index in [9.17, 15) is 23.6 Å². The molecule has 6 nitrogen and oxygen atoms in total. The van der Waals surface area contributed by atoms with Gasteiger partial charge in [-0.1, -0.05) is 12.7 Å². The molecular weight excluding hydrogens is 291 g/mol. The van der Waals surface area contributed by atoms with Crippen molar-refractivity contribution >= 4 is 24.1 Å². The third-order valence-electron chi connectivity index (χ3n) is 3.21. The molecule has 0 bridgehead atoms. The van der Waals surface area contributed by atoms with E-state index in [4.69, 9.17) is 0 Å². The zero-order chi connectivity index (χ0) is 16.9. The average Bonchev–Trinajstić information content (AvgIpc) is 2.41. The largest absolute Gasteiger partial charge is 0.295 e. The number of carbonyl (C=O) groups is 4. The van der Waals surface area contributed by atoms with Gasteiger partial charge in [-0.15, -0.1) is 0 Å². The van der Waals surface area contributed by atoms with Crippen LogP contribution in [0.2, 0.25) is 0 Å². The highest BCUT2D eigenvalue weighted by molar-refractivity contribution is 6.08. The number of halogens is 1. The van der Waals surface area contributed by atoms with Crippen molar-refractivity contribution in [2.45, 2.75) is 32.7 Å².